The quantitative estimate of drug-likeness (QED) is 0.241. The van der Waals surface area contributed by atoms with Crippen LogP contribution < -0.4 is 4.90 Å². The molecular formula is C32H39N7O3S. The van der Waals surface area contributed by atoms with Crippen LogP contribution in [-0.4, -0.2) is 73.3 Å². The van der Waals surface area contributed by atoms with E-state index in [0.29, 0.717) is 25.2 Å². The van der Waals surface area contributed by atoms with Crippen LogP contribution in [0.5, 0.6) is 0 Å². The fourth-order valence-electron chi connectivity index (χ4n) is 6.24. The van der Waals surface area contributed by atoms with Gasteiger partial charge >= 0.3 is 6.09 Å². The molecule has 0 N–H and O–H groups in total. The Labute approximate surface area is 256 Å². The molecule has 1 saturated carbocycles. The largest absolute Gasteiger partial charge is 0.444 e. The highest BCUT2D eigenvalue weighted by Crippen LogP contribution is 2.39. The van der Waals surface area contributed by atoms with Crippen LogP contribution in [0, 0.1) is 0 Å². The van der Waals surface area contributed by atoms with Gasteiger partial charge < -0.3 is 19.3 Å². The van der Waals surface area contributed by atoms with Crippen molar-refractivity contribution in [2.45, 2.75) is 89.6 Å². The predicted molar refractivity (Wildman–Crippen MR) is 167 cm³/mol. The third kappa shape index (κ3) is 5.97. The maximum Gasteiger partial charge on any atom is 0.410 e. The summed E-state index contributed by atoms with van der Waals surface area (Å²) in [5, 5.41) is 14.1. The molecule has 0 radical (unpaired) electrons. The Balaban J connectivity index is 1.08. The van der Waals surface area contributed by atoms with Crippen molar-refractivity contribution in [3.8, 4) is 22.4 Å². The first kappa shape index (κ1) is 28.2. The summed E-state index contributed by atoms with van der Waals surface area (Å²) in [5.41, 5.74) is 6.34. The van der Waals surface area contributed by atoms with Crippen LogP contribution in [0.4, 0.5) is 10.6 Å². The molecule has 3 aliphatic rings. The van der Waals surface area contributed by atoms with E-state index in [2.05, 4.69) is 40.5 Å². The lowest BCUT2D eigenvalue weighted by Crippen LogP contribution is -2.49. The molecule has 5 heterocycles. The number of benzene rings is 1. The van der Waals surface area contributed by atoms with E-state index in [0.717, 1.165) is 77.1 Å². The van der Waals surface area contributed by atoms with Crippen LogP contribution in [0.3, 0.4) is 0 Å². The first-order chi connectivity index (χ1) is 20.8. The van der Waals surface area contributed by atoms with Crippen molar-refractivity contribution in [2.75, 3.05) is 24.6 Å². The minimum atomic E-state index is -0.483. The minimum absolute atomic E-state index is 0.00853. The van der Waals surface area contributed by atoms with E-state index in [1.54, 1.807) is 11.3 Å². The van der Waals surface area contributed by atoms with Gasteiger partial charge in [0.25, 0.3) is 0 Å². The molecule has 1 atom stereocenters. The zero-order valence-electron chi connectivity index (χ0n) is 25.1. The number of carbonyl (C=O) groups excluding carboxylic acids is 1. The summed E-state index contributed by atoms with van der Waals surface area (Å²) in [6.45, 7) is 7.90. The molecule has 1 aromatic carbocycles. The average Bonchev–Trinajstić information content (AvgIpc) is 3.49. The van der Waals surface area contributed by atoms with Crippen molar-refractivity contribution in [1.29, 1.82) is 0 Å². The Morgan fingerprint density at radius 2 is 1.79 bits per heavy atom. The Morgan fingerprint density at radius 3 is 2.49 bits per heavy atom. The molecule has 7 rings (SSSR count). The van der Waals surface area contributed by atoms with Crippen LogP contribution in [0.2, 0.25) is 0 Å². The summed E-state index contributed by atoms with van der Waals surface area (Å²) in [6, 6.07) is 9.25. The molecule has 226 valence electrons. The zero-order chi connectivity index (χ0) is 29.6. The topological polar surface area (TPSA) is 98.5 Å². The van der Waals surface area contributed by atoms with Gasteiger partial charge in [-0.3, -0.25) is 0 Å². The van der Waals surface area contributed by atoms with Gasteiger partial charge in [-0.15, -0.1) is 21.5 Å². The number of likely N-dealkylation sites (tertiary alicyclic amines) is 1. The van der Waals surface area contributed by atoms with Crippen LogP contribution in [-0.2, 0) is 9.47 Å². The van der Waals surface area contributed by atoms with Crippen molar-refractivity contribution >= 4 is 33.5 Å². The molecule has 3 aromatic heterocycles. The Kier molecular flexibility index (Phi) is 7.54. The lowest BCUT2D eigenvalue weighted by atomic mass is 10.0. The Morgan fingerprint density at radius 1 is 1.00 bits per heavy atom. The average molecular weight is 602 g/mol. The molecule has 43 heavy (non-hydrogen) atoms. The summed E-state index contributed by atoms with van der Waals surface area (Å²) >= 11 is 1.62. The minimum Gasteiger partial charge on any atom is -0.444 e. The van der Waals surface area contributed by atoms with Gasteiger partial charge in [-0.05, 0) is 77.8 Å². The summed E-state index contributed by atoms with van der Waals surface area (Å²) in [5.74, 6) is 0.913. The zero-order valence-corrected chi connectivity index (χ0v) is 25.9. The van der Waals surface area contributed by atoms with E-state index in [4.69, 9.17) is 24.7 Å². The van der Waals surface area contributed by atoms with Gasteiger partial charge in [0, 0.05) is 54.7 Å². The van der Waals surface area contributed by atoms with Crippen molar-refractivity contribution in [3.63, 3.8) is 0 Å². The van der Waals surface area contributed by atoms with E-state index in [9.17, 15) is 4.79 Å². The number of carbonyl (C=O) groups is 1. The Hall–Kier alpha value is -3.57. The third-order valence-corrected chi connectivity index (χ3v) is 9.35. The molecule has 3 fully saturated rings. The summed E-state index contributed by atoms with van der Waals surface area (Å²) in [7, 11) is 0. The molecule has 1 amide bonds. The van der Waals surface area contributed by atoms with E-state index in [1.165, 1.54) is 12.8 Å². The highest BCUT2D eigenvalue weighted by atomic mass is 32.1. The summed E-state index contributed by atoms with van der Waals surface area (Å²) in [6.07, 6.45) is 11.2. The standard InChI is InChI=1S/C32H39N7O3S/c1-32(2,3)42-31(40)37-15-13-23(14-16-37)39(22-7-8-22)27-12-11-26(35-36-27)25-10-9-24(29-30(25)43-20-33-29)21-18-34-38(19-21)28-6-4-5-17-41-28/h9-12,18-20,22-23,28H,4-8,13-17H2,1-3H3. The second-order valence-electron chi connectivity index (χ2n) is 12.8. The van der Waals surface area contributed by atoms with Gasteiger partial charge in [-0.2, -0.15) is 5.10 Å². The van der Waals surface area contributed by atoms with Crippen LogP contribution in [0.25, 0.3) is 32.6 Å². The predicted octanol–water partition coefficient (Wildman–Crippen LogP) is 6.68. The first-order valence-corrected chi connectivity index (χ1v) is 16.3. The Bertz CT molecular complexity index is 1580. The number of anilines is 1. The van der Waals surface area contributed by atoms with Gasteiger partial charge in [0.15, 0.2) is 5.82 Å². The van der Waals surface area contributed by atoms with Crippen molar-refractivity contribution in [2.24, 2.45) is 0 Å². The number of piperidine rings is 1. The number of nitrogens with zero attached hydrogens (tertiary/aromatic N) is 7. The van der Waals surface area contributed by atoms with Gasteiger partial charge in [-0.25, -0.2) is 14.5 Å². The van der Waals surface area contributed by atoms with E-state index >= 15 is 0 Å². The van der Waals surface area contributed by atoms with E-state index in [1.807, 2.05) is 42.1 Å². The molecule has 10 nitrogen and oxygen atoms in total. The SMILES string of the molecule is CC(C)(C)OC(=O)N1CCC(N(c2ccc(-c3ccc(-c4cnn(C5CCCCO5)c4)c4ncsc34)nn2)C2CC2)CC1. The number of hydrogen-bond acceptors (Lipinski definition) is 9. The highest BCUT2D eigenvalue weighted by Gasteiger charge is 2.38. The first-order valence-electron chi connectivity index (χ1n) is 15.5. The number of thiazole rings is 1. The van der Waals surface area contributed by atoms with E-state index < -0.39 is 5.60 Å². The van der Waals surface area contributed by atoms with Gasteiger partial charge in [-0.1, -0.05) is 12.1 Å². The molecule has 2 aliphatic heterocycles. The smallest absolute Gasteiger partial charge is 0.410 e. The molecule has 0 bridgehead atoms. The number of amides is 1. The number of fused-ring (bicyclic) bond motifs is 1. The van der Waals surface area contributed by atoms with Crippen LogP contribution in [0.15, 0.2) is 42.2 Å². The normalized spacial score (nSPS) is 20.0. The molecule has 1 aliphatic carbocycles. The number of rotatable bonds is 6. The van der Waals surface area contributed by atoms with Gasteiger partial charge in [0.2, 0.25) is 0 Å². The van der Waals surface area contributed by atoms with E-state index in [-0.39, 0.29) is 12.3 Å². The third-order valence-electron chi connectivity index (χ3n) is 8.49. The number of hydrogen-bond donors (Lipinski definition) is 0. The molecule has 1 unspecified atom stereocenters. The van der Waals surface area contributed by atoms with Crippen molar-refractivity contribution in [3.05, 3.63) is 42.2 Å². The van der Waals surface area contributed by atoms with Gasteiger partial charge in [0.05, 0.1) is 27.6 Å². The lowest BCUT2D eigenvalue weighted by Gasteiger charge is -2.39. The molecule has 2 saturated heterocycles. The molecular weight excluding hydrogens is 562 g/mol. The molecule has 0 spiro atoms. The lowest BCUT2D eigenvalue weighted by molar-refractivity contribution is -0.0394. The van der Waals surface area contributed by atoms with Crippen LogP contribution in [0.1, 0.15) is 71.9 Å². The highest BCUT2D eigenvalue weighted by molar-refractivity contribution is 7.17. The summed E-state index contributed by atoms with van der Waals surface area (Å²) < 4.78 is 14.6. The maximum atomic E-state index is 12.6. The summed E-state index contributed by atoms with van der Waals surface area (Å²) in [4.78, 5) is 21.6. The fourth-order valence-corrected chi connectivity index (χ4v) is 7.07. The van der Waals surface area contributed by atoms with Crippen LogP contribution >= 0.6 is 11.3 Å². The number of aromatic nitrogens is 5. The maximum absolute atomic E-state index is 12.6. The van der Waals surface area contributed by atoms with Crippen molar-refractivity contribution in [1.82, 2.24) is 29.9 Å². The second-order valence-corrected chi connectivity index (χ2v) is 13.7. The second kappa shape index (κ2) is 11.5. The molecule has 4 aromatic rings. The number of ether oxygens (including phenoxy) is 2. The molecule has 11 heteroatoms. The van der Waals surface area contributed by atoms with Crippen molar-refractivity contribution < 1.29 is 14.3 Å². The fraction of sp³-hybridized carbons (Fsp3) is 0.531. The monoisotopic (exact) mass is 601 g/mol. The van der Waals surface area contributed by atoms with Gasteiger partial charge in [0.1, 0.15) is 11.8 Å².